The number of barbiturate groups is 1. The SMILES string of the molecule is CCOc1cc(/C=C2\C(=O)NC(=O)N(c3ccc(C45CC6CC(CC(C6)C4)C5)cc3)C2=O)c(Br)cc1OCc1ccccc1. The number of carbonyl (C=O) groups excluding carboxylic acids is 3. The van der Waals surface area contributed by atoms with Gasteiger partial charge in [0, 0.05) is 4.47 Å². The van der Waals surface area contributed by atoms with Crippen LogP contribution in [0.4, 0.5) is 10.5 Å². The zero-order valence-electron chi connectivity index (χ0n) is 24.7. The molecule has 1 heterocycles. The molecule has 8 rings (SSSR count). The molecular formula is C36H35BrN2O5. The molecule has 5 aliphatic rings. The van der Waals surface area contributed by atoms with Crippen LogP contribution in [0, 0.1) is 17.8 Å². The standard InChI is InChI=1S/C36H35BrN2O5/c1-2-43-31-16-26(30(37)17-32(31)44-21-22-6-4-3-5-7-22)15-29-33(40)38-35(42)39(34(29)41)28-10-8-27(9-11-28)36-18-23-12-24(19-36)14-25(13-23)20-36/h3-11,15-17,23-25H,2,12-14,18-21H2,1H3,(H,38,40,42)/b29-15+. The van der Waals surface area contributed by atoms with Gasteiger partial charge in [-0.05, 0) is 116 Å². The van der Waals surface area contributed by atoms with E-state index in [0.29, 0.717) is 40.4 Å². The van der Waals surface area contributed by atoms with Crippen molar-refractivity contribution in [2.24, 2.45) is 17.8 Å². The molecule has 3 aromatic carbocycles. The number of urea groups is 1. The Morgan fingerprint density at radius 2 is 1.52 bits per heavy atom. The van der Waals surface area contributed by atoms with Crippen LogP contribution < -0.4 is 19.7 Å². The number of ether oxygens (including phenoxy) is 2. The van der Waals surface area contributed by atoms with Crippen LogP contribution in [0.1, 0.15) is 62.1 Å². The number of imide groups is 2. The molecule has 4 bridgehead atoms. The van der Waals surface area contributed by atoms with Gasteiger partial charge in [-0.15, -0.1) is 0 Å². The lowest BCUT2D eigenvalue weighted by molar-refractivity contribution is -0.122. The molecule has 4 aliphatic carbocycles. The maximum absolute atomic E-state index is 13.7. The van der Waals surface area contributed by atoms with Gasteiger partial charge in [-0.3, -0.25) is 14.9 Å². The van der Waals surface area contributed by atoms with Gasteiger partial charge < -0.3 is 9.47 Å². The highest BCUT2D eigenvalue weighted by molar-refractivity contribution is 9.10. The summed E-state index contributed by atoms with van der Waals surface area (Å²) in [6, 6.07) is 20.4. The van der Waals surface area contributed by atoms with Gasteiger partial charge in [0.2, 0.25) is 0 Å². The minimum Gasteiger partial charge on any atom is -0.490 e. The van der Waals surface area contributed by atoms with Crippen LogP contribution in [0.5, 0.6) is 11.5 Å². The van der Waals surface area contributed by atoms with Crippen LogP contribution in [0.2, 0.25) is 0 Å². The fourth-order valence-corrected chi connectivity index (χ4v) is 8.69. The van der Waals surface area contributed by atoms with E-state index >= 15 is 0 Å². The van der Waals surface area contributed by atoms with Gasteiger partial charge in [-0.25, -0.2) is 9.69 Å². The minimum absolute atomic E-state index is 0.143. The monoisotopic (exact) mass is 654 g/mol. The second-order valence-electron chi connectivity index (χ2n) is 12.7. The number of anilines is 1. The minimum atomic E-state index is -0.751. The van der Waals surface area contributed by atoms with Gasteiger partial charge in [-0.1, -0.05) is 58.4 Å². The van der Waals surface area contributed by atoms with E-state index in [4.69, 9.17) is 9.47 Å². The summed E-state index contributed by atoms with van der Waals surface area (Å²) in [6.07, 6.45) is 9.29. The summed E-state index contributed by atoms with van der Waals surface area (Å²) in [6.45, 7) is 2.63. The van der Waals surface area contributed by atoms with Crippen LogP contribution in [0.15, 0.2) is 76.8 Å². The molecule has 7 nitrogen and oxygen atoms in total. The molecule has 1 saturated heterocycles. The Morgan fingerprint density at radius 3 is 2.16 bits per heavy atom. The Kier molecular flexibility index (Phi) is 7.57. The number of rotatable bonds is 8. The van der Waals surface area contributed by atoms with Crippen molar-refractivity contribution in [3.05, 3.63) is 93.5 Å². The fourth-order valence-electron chi connectivity index (χ4n) is 8.25. The molecule has 0 unspecified atom stereocenters. The van der Waals surface area contributed by atoms with Crippen LogP contribution in [0.25, 0.3) is 6.08 Å². The first kappa shape index (κ1) is 28.8. The van der Waals surface area contributed by atoms with Gasteiger partial charge >= 0.3 is 6.03 Å². The highest BCUT2D eigenvalue weighted by Gasteiger charge is 2.51. The third-order valence-electron chi connectivity index (χ3n) is 9.78. The van der Waals surface area contributed by atoms with E-state index < -0.39 is 17.8 Å². The van der Waals surface area contributed by atoms with Crippen molar-refractivity contribution in [2.45, 2.75) is 57.5 Å². The number of nitrogens with one attached hydrogen (secondary N) is 1. The summed E-state index contributed by atoms with van der Waals surface area (Å²) >= 11 is 3.57. The first-order valence-corrected chi connectivity index (χ1v) is 16.3. The van der Waals surface area contributed by atoms with E-state index in [1.165, 1.54) is 50.2 Å². The summed E-state index contributed by atoms with van der Waals surface area (Å²) in [5.74, 6) is 2.06. The molecule has 0 radical (unpaired) electrons. The quantitative estimate of drug-likeness (QED) is 0.200. The smallest absolute Gasteiger partial charge is 0.335 e. The number of amides is 4. The highest BCUT2D eigenvalue weighted by Crippen LogP contribution is 2.60. The predicted molar refractivity (Wildman–Crippen MR) is 171 cm³/mol. The molecule has 4 saturated carbocycles. The third-order valence-corrected chi connectivity index (χ3v) is 10.5. The molecule has 226 valence electrons. The van der Waals surface area contributed by atoms with E-state index in [9.17, 15) is 14.4 Å². The van der Waals surface area contributed by atoms with Crippen molar-refractivity contribution in [2.75, 3.05) is 11.5 Å². The van der Waals surface area contributed by atoms with E-state index in [1.807, 2.05) is 49.4 Å². The zero-order valence-corrected chi connectivity index (χ0v) is 26.3. The second kappa shape index (κ2) is 11.5. The molecule has 3 aromatic rings. The first-order chi connectivity index (χ1) is 21.3. The largest absolute Gasteiger partial charge is 0.490 e. The van der Waals surface area contributed by atoms with Crippen molar-refractivity contribution in [1.82, 2.24) is 5.32 Å². The van der Waals surface area contributed by atoms with Gasteiger partial charge in [0.15, 0.2) is 11.5 Å². The van der Waals surface area contributed by atoms with Gasteiger partial charge in [0.05, 0.1) is 12.3 Å². The maximum Gasteiger partial charge on any atom is 0.335 e. The number of hydrogen-bond donors (Lipinski definition) is 1. The molecule has 1 N–H and O–H groups in total. The molecule has 5 fully saturated rings. The van der Waals surface area contributed by atoms with Crippen LogP contribution in [-0.2, 0) is 21.6 Å². The predicted octanol–water partition coefficient (Wildman–Crippen LogP) is 7.56. The molecule has 0 aromatic heterocycles. The number of nitrogens with zero attached hydrogens (tertiary/aromatic N) is 1. The maximum atomic E-state index is 13.7. The summed E-state index contributed by atoms with van der Waals surface area (Å²) in [5.41, 5.74) is 3.38. The average molecular weight is 656 g/mol. The topological polar surface area (TPSA) is 84.9 Å². The van der Waals surface area contributed by atoms with Crippen molar-refractivity contribution in [3.63, 3.8) is 0 Å². The molecule has 8 heteroatoms. The summed E-state index contributed by atoms with van der Waals surface area (Å²) in [5, 5.41) is 2.35. The van der Waals surface area contributed by atoms with E-state index in [1.54, 1.807) is 12.1 Å². The summed E-state index contributed by atoms with van der Waals surface area (Å²) in [7, 11) is 0. The highest BCUT2D eigenvalue weighted by atomic mass is 79.9. The van der Waals surface area contributed by atoms with E-state index in [-0.39, 0.29) is 11.0 Å². The Balaban J connectivity index is 1.14. The zero-order chi connectivity index (χ0) is 30.4. The van der Waals surface area contributed by atoms with E-state index in [2.05, 4.69) is 33.4 Å². The van der Waals surface area contributed by atoms with E-state index in [0.717, 1.165) is 28.2 Å². The number of halogens is 1. The first-order valence-electron chi connectivity index (χ1n) is 15.5. The van der Waals surface area contributed by atoms with Crippen molar-refractivity contribution >= 4 is 45.5 Å². The number of benzene rings is 3. The van der Waals surface area contributed by atoms with Crippen molar-refractivity contribution in [1.29, 1.82) is 0 Å². The summed E-state index contributed by atoms with van der Waals surface area (Å²) < 4.78 is 12.5. The molecule has 1 aliphatic heterocycles. The lowest BCUT2D eigenvalue weighted by atomic mass is 9.48. The number of hydrogen-bond acceptors (Lipinski definition) is 5. The van der Waals surface area contributed by atoms with Gasteiger partial charge in [0.1, 0.15) is 12.2 Å². The van der Waals surface area contributed by atoms with Gasteiger partial charge in [0.25, 0.3) is 11.8 Å². The third kappa shape index (κ3) is 5.34. The van der Waals surface area contributed by atoms with Crippen LogP contribution in [-0.4, -0.2) is 24.5 Å². The van der Waals surface area contributed by atoms with Crippen molar-refractivity contribution in [3.8, 4) is 11.5 Å². The Morgan fingerprint density at radius 1 is 0.886 bits per heavy atom. The normalized spacial score (nSPS) is 26.7. The lowest BCUT2D eigenvalue weighted by Crippen LogP contribution is -2.54. The second-order valence-corrected chi connectivity index (χ2v) is 13.6. The Hall–Kier alpha value is -3.91. The van der Waals surface area contributed by atoms with Crippen LogP contribution >= 0.6 is 15.9 Å². The molecule has 44 heavy (non-hydrogen) atoms. The molecule has 4 amide bonds. The van der Waals surface area contributed by atoms with Crippen LogP contribution in [0.3, 0.4) is 0 Å². The molecule has 0 spiro atoms. The number of carbonyl (C=O) groups is 3. The van der Waals surface area contributed by atoms with Gasteiger partial charge in [-0.2, -0.15) is 0 Å². The Labute approximate surface area is 265 Å². The summed E-state index contributed by atoms with van der Waals surface area (Å²) in [4.78, 5) is 40.7. The average Bonchev–Trinajstić information content (AvgIpc) is 3.00. The fraction of sp³-hybridized carbons (Fsp3) is 0.361. The lowest BCUT2D eigenvalue weighted by Gasteiger charge is -2.57. The Bertz CT molecular complexity index is 1610. The van der Waals surface area contributed by atoms with Crippen molar-refractivity contribution < 1.29 is 23.9 Å². The molecule has 0 atom stereocenters. The molecular weight excluding hydrogens is 620 g/mol.